The van der Waals surface area contributed by atoms with Crippen molar-refractivity contribution in [1.29, 1.82) is 0 Å². The van der Waals surface area contributed by atoms with E-state index < -0.39 is 20.6 Å². The van der Waals surface area contributed by atoms with Crippen molar-refractivity contribution in [3.63, 3.8) is 0 Å². The Balaban J connectivity index is 1.87. The van der Waals surface area contributed by atoms with Gasteiger partial charge in [-0.15, -0.1) is 0 Å². The second kappa shape index (κ2) is 7.46. The number of anilines is 1. The first kappa shape index (κ1) is 18.4. The second-order valence-corrected chi connectivity index (χ2v) is 7.54. The molecule has 27 heavy (non-hydrogen) atoms. The zero-order valence-electron chi connectivity index (χ0n) is 14.3. The number of hydrogen-bond donors (Lipinski definition) is 0. The highest BCUT2D eigenvalue weighted by Crippen LogP contribution is 2.30. The Morgan fingerprint density at radius 2 is 1.41 bits per heavy atom. The lowest BCUT2D eigenvalue weighted by atomic mass is 10.3. The zero-order valence-corrected chi connectivity index (χ0v) is 15.2. The highest BCUT2D eigenvalue weighted by atomic mass is 32.2. The number of rotatable bonds is 6. The van der Waals surface area contributed by atoms with E-state index in [1.54, 1.807) is 36.4 Å². The minimum Gasteiger partial charge on any atom is -0.457 e. The number of para-hydroxylation sites is 2. The van der Waals surface area contributed by atoms with Crippen LogP contribution in [0, 0.1) is 10.1 Å². The molecular weight excluding hydrogens is 368 g/mol. The van der Waals surface area contributed by atoms with Crippen LogP contribution in [0.3, 0.4) is 0 Å². The van der Waals surface area contributed by atoms with Gasteiger partial charge in [-0.3, -0.25) is 14.4 Å². The van der Waals surface area contributed by atoms with Gasteiger partial charge in [0.05, 0.1) is 10.6 Å². The standard InChI is InChI=1S/C19H16N2O5S/c1-20(27(24,25)19-10-6-5-9-18(19)21(22)23)15-11-13-17(14-12-15)26-16-7-3-2-4-8-16/h2-14H,1H3. The molecule has 0 bridgehead atoms. The van der Waals surface area contributed by atoms with Gasteiger partial charge in [0.15, 0.2) is 4.90 Å². The van der Waals surface area contributed by atoms with Gasteiger partial charge in [-0.05, 0) is 42.5 Å². The quantitative estimate of drug-likeness (QED) is 0.469. The van der Waals surface area contributed by atoms with E-state index in [1.807, 2.05) is 18.2 Å². The Hall–Kier alpha value is -3.39. The van der Waals surface area contributed by atoms with Gasteiger partial charge < -0.3 is 4.74 Å². The van der Waals surface area contributed by atoms with Crippen LogP contribution in [-0.4, -0.2) is 20.4 Å². The average Bonchev–Trinajstić information content (AvgIpc) is 2.69. The third kappa shape index (κ3) is 3.90. The number of sulfonamides is 1. The number of nitro groups is 1. The van der Waals surface area contributed by atoms with Crippen LogP contribution < -0.4 is 9.04 Å². The molecule has 0 fully saturated rings. The van der Waals surface area contributed by atoms with E-state index in [1.165, 1.54) is 25.2 Å². The Bertz CT molecular complexity index is 1050. The molecular formula is C19H16N2O5S. The molecule has 0 heterocycles. The molecule has 0 unspecified atom stereocenters. The molecule has 0 N–H and O–H groups in total. The van der Waals surface area contributed by atoms with Crippen molar-refractivity contribution in [2.75, 3.05) is 11.4 Å². The Morgan fingerprint density at radius 1 is 0.852 bits per heavy atom. The SMILES string of the molecule is CN(c1ccc(Oc2ccccc2)cc1)S(=O)(=O)c1ccccc1[N+](=O)[O-]. The lowest BCUT2D eigenvalue weighted by Crippen LogP contribution is -2.27. The maximum Gasteiger partial charge on any atom is 0.289 e. The van der Waals surface area contributed by atoms with Crippen molar-refractivity contribution in [1.82, 2.24) is 0 Å². The number of nitrogens with zero attached hydrogens (tertiary/aromatic N) is 2. The van der Waals surface area contributed by atoms with Crippen LogP contribution >= 0.6 is 0 Å². The van der Waals surface area contributed by atoms with Crippen LogP contribution in [0.15, 0.2) is 83.8 Å². The monoisotopic (exact) mass is 384 g/mol. The fourth-order valence-electron chi connectivity index (χ4n) is 2.46. The van der Waals surface area contributed by atoms with E-state index in [4.69, 9.17) is 4.74 Å². The Morgan fingerprint density at radius 3 is 2.04 bits per heavy atom. The van der Waals surface area contributed by atoms with E-state index >= 15 is 0 Å². The molecule has 0 aliphatic heterocycles. The molecule has 0 amide bonds. The molecule has 138 valence electrons. The van der Waals surface area contributed by atoms with Crippen LogP contribution in [0.5, 0.6) is 11.5 Å². The van der Waals surface area contributed by atoms with Gasteiger partial charge in [0.1, 0.15) is 11.5 Å². The maximum atomic E-state index is 12.8. The lowest BCUT2D eigenvalue weighted by molar-refractivity contribution is -0.387. The smallest absolute Gasteiger partial charge is 0.289 e. The molecule has 3 aromatic rings. The number of nitro benzene ring substituents is 1. The fourth-order valence-corrected chi connectivity index (χ4v) is 3.81. The summed E-state index contributed by atoms with van der Waals surface area (Å²) in [4.78, 5) is 10.1. The Kier molecular flexibility index (Phi) is 5.09. The first-order chi connectivity index (χ1) is 12.9. The van der Waals surface area contributed by atoms with Crippen LogP contribution in [0.1, 0.15) is 0 Å². The van der Waals surface area contributed by atoms with Crippen molar-refractivity contribution < 1.29 is 18.1 Å². The van der Waals surface area contributed by atoms with E-state index in [-0.39, 0.29) is 4.90 Å². The third-order valence-electron chi connectivity index (χ3n) is 3.88. The molecule has 0 aliphatic rings. The van der Waals surface area contributed by atoms with Gasteiger partial charge in [-0.1, -0.05) is 30.3 Å². The molecule has 0 spiro atoms. The van der Waals surface area contributed by atoms with Crippen LogP contribution in [-0.2, 0) is 10.0 Å². The minimum atomic E-state index is -4.09. The van der Waals surface area contributed by atoms with Gasteiger partial charge in [-0.25, -0.2) is 8.42 Å². The summed E-state index contributed by atoms with van der Waals surface area (Å²) in [5, 5.41) is 11.2. The summed E-state index contributed by atoms with van der Waals surface area (Å²) in [6.07, 6.45) is 0. The molecule has 0 atom stereocenters. The molecule has 0 aliphatic carbocycles. The molecule has 7 nitrogen and oxygen atoms in total. The summed E-state index contributed by atoms with van der Waals surface area (Å²) >= 11 is 0. The van der Waals surface area contributed by atoms with Crippen LogP contribution in [0.25, 0.3) is 0 Å². The number of hydrogen-bond acceptors (Lipinski definition) is 5. The third-order valence-corrected chi connectivity index (χ3v) is 5.71. The predicted molar refractivity (Wildman–Crippen MR) is 102 cm³/mol. The first-order valence-electron chi connectivity index (χ1n) is 7.95. The van der Waals surface area contributed by atoms with Crippen LogP contribution in [0.4, 0.5) is 11.4 Å². The van der Waals surface area contributed by atoms with E-state index in [9.17, 15) is 18.5 Å². The van der Waals surface area contributed by atoms with Gasteiger partial charge in [0, 0.05) is 13.1 Å². The van der Waals surface area contributed by atoms with Gasteiger partial charge in [-0.2, -0.15) is 0 Å². The van der Waals surface area contributed by atoms with E-state index in [0.717, 1.165) is 10.4 Å². The zero-order chi connectivity index (χ0) is 19.4. The normalized spacial score (nSPS) is 11.0. The van der Waals surface area contributed by atoms with Gasteiger partial charge >= 0.3 is 0 Å². The van der Waals surface area contributed by atoms with Crippen molar-refractivity contribution in [2.45, 2.75) is 4.90 Å². The van der Waals surface area contributed by atoms with Crippen molar-refractivity contribution >= 4 is 21.4 Å². The van der Waals surface area contributed by atoms with E-state index in [2.05, 4.69) is 0 Å². The molecule has 0 radical (unpaired) electrons. The van der Waals surface area contributed by atoms with Crippen molar-refractivity contribution in [3.8, 4) is 11.5 Å². The summed E-state index contributed by atoms with van der Waals surface area (Å²) in [7, 11) is -2.74. The van der Waals surface area contributed by atoms with Crippen molar-refractivity contribution in [3.05, 3.63) is 89.0 Å². The highest BCUT2D eigenvalue weighted by Gasteiger charge is 2.29. The van der Waals surface area contributed by atoms with Crippen LogP contribution in [0.2, 0.25) is 0 Å². The molecule has 0 saturated carbocycles. The molecule has 0 saturated heterocycles. The Labute approximate surface area is 156 Å². The summed E-state index contributed by atoms with van der Waals surface area (Å²) in [5.74, 6) is 1.20. The van der Waals surface area contributed by atoms with Gasteiger partial charge in [0.25, 0.3) is 15.7 Å². The maximum absolute atomic E-state index is 12.8. The molecule has 3 rings (SSSR count). The number of benzene rings is 3. The number of ether oxygens (including phenoxy) is 1. The first-order valence-corrected chi connectivity index (χ1v) is 9.39. The predicted octanol–water partition coefficient (Wildman–Crippen LogP) is 4.21. The average molecular weight is 384 g/mol. The van der Waals surface area contributed by atoms with Gasteiger partial charge in [0.2, 0.25) is 0 Å². The second-order valence-electron chi connectivity index (χ2n) is 5.61. The summed E-state index contributed by atoms with van der Waals surface area (Å²) in [6.45, 7) is 0. The highest BCUT2D eigenvalue weighted by molar-refractivity contribution is 7.93. The van der Waals surface area contributed by atoms with E-state index in [0.29, 0.717) is 17.2 Å². The lowest BCUT2D eigenvalue weighted by Gasteiger charge is -2.19. The van der Waals surface area contributed by atoms with Crippen molar-refractivity contribution in [2.24, 2.45) is 0 Å². The minimum absolute atomic E-state index is 0.355. The summed E-state index contributed by atoms with van der Waals surface area (Å²) in [6, 6.07) is 20.8. The molecule has 0 aromatic heterocycles. The largest absolute Gasteiger partial charge is 0.457 e. The summed E-state index contributed by atoms with van der Waals surface area (Å²) < 4.78 is 32.3. The molecule has 8 heteroatoms. The molecule has 3 aromatic carbocycles. The topological polar surface area (TPSA) is 89.8 Å². The summed E-state index contributed by atoms with van der Waals surface area (Å²) in [5.41, 5.74) is -0.109. The fraction of sp³-hybridized carbons (Fsp3) is 0.0526.